The number of hydrogen-bond acceptors (Lipinski definition) is 5. The highest BCUT2D eigenvalue weighted by atomic mass is 32.1. The van der Waals surface area contributed by atoms with Crippen LogP contribution in [-0.2, 0) is 4.79 Å². The van der Waals surface area contributed by atoms with Gasteiger partial charge in [0.05, 0.1) is 4.88 Å². The SMILES string of the molecule is NCCC(=O)N1CCN(C(=O)c2cc3sccc3s2)CC1. The molecule has 0 aromatic carbocycles. The molecule has 0 spiro atoms. The van der Waals surface area contributed by atoms with Gasteiger partial charge in [-0.2, -0.15) is 0 Å². The lowest BCUT2D eigenvalue weighted by Gasteiger charge is -2.34. The van der Waals surface area contributed by atoms with E-state index in [-0.39, 0.29) is 11.8 Å². The Labute approximate surface area is 130 Å². The van der Waals surface area contributed by atoms with Crippen molar-refractivity contribution in [3.8, 4) is 0 Å². The molecule has 2 aromatic heterocycles. The highest BCUT2D eigenvalue weighted by Gasteiger charge is 2.25. The molecule has 2 N–H and O–H groups in total. The van der Waals surface area contributed by atoms with Crippen LogP contribution in [0.15, 0.2) is 17.5 Å². The highest BCUT2D eigenvalue weighted by molar-refractivity contribution is 7.27. The molecule has 2 aromatic rings. The normalized spacial score (nSPS) is 15.7. The van der Waals surface area contributed by atoms with Crippen molar-refractivity contribution in [2.75, 3.05) is 32.7 Å². The van der Waals surface area contributed by atoms with Crippen molar-refractivity contribution in [3.05, 3.63) is 22.4 Å². The first-order chi connectivity index (χ1) is 10.2. The number of thiophene rings is 2. The maximum Gasteiger partial charge on any atom is 0.264 e. The monoisotopic (exact) mass is 323 g/mol. The number of nitrogens with two attached hydrogens (primary N) is 1. The molecule has 5 nitrogen and oxygen atoms in total. The quantitative estimate of drug-likeness (QED) is 0.933. The summed E-state index contributed by atoms with van der Waals surface area (Å²) in [6.45, 7) is 2.78. The zero-order valence-corrected chi connectivity index (χ0v) is 13.2. The van der Waals surface area contributed by atoms with Crippen molar-refractivity contribution in [2.45, 2.75) is 6.42 Å². The summed E-state index contributed by atoms with van der Waals surface area (Å²) in [6, 6.07) is 4.02. The number of rotatable bonds is 3. The average molecular weight is 323 g/mol. The van der Waals surface area contributed by atoms with Crippen LogP contribution < -0.4 is 5.73 Å². The van der Waals surface area contributed by atoms with E-state index in [0.29, 0.717) is 39.1 Å². The van der Waals surface area contributed by atoms with Gasteiger partial charge >= 0.3 is 0 Å². The van der Waals surface area contributed by atoms with E-state index in [1.165, 1.54) is 9.40 Å². The summed E-state index contributed by atoms with van der Waals surface area (Å²) in [7, 11) is 0. The van der Waals surface area contributed by atoms with Gasteiger partial charge in [-0.15, -0.1) is 22.7 Å². The predicted octanol–water partition coefficient (Wildman–Crippen LogP) is 1.60. The third-order valence-corrected chi connectivity index (χ3v) is 5.71. The van der Waals surface area contributed by atoms with Gasteiger partial charge in [0, 0.05) is 48.5 Å². The molecule has 0 saturated carbocycles. The Morgan fingerprint density at radius 1 is 1.14 bits per heavy atom. The second-order valence-corrected chi connectivity index (χ2v) is 7.00. The maximum atomic E-state index is 12.5. The fraction of sp³-hybridized carbons (Fsp3) is 0.429. The number of nitrogens with zero attached hydrogens (tertiary/aromatic N) is 2. The first-order valence-corrected chi connectivity index (χ1v) is 8.63. The van der Waals surface area contributed by atoms with Crippen molar-refractivity contribution >= 4 is 43.9 Å². The number of piperazine rings is 1. The lowest BCUT2D eigenvalue weighted by molar-refractivity contribution is -0.132. The number of amides is 2. The second kappa shape index (κ2) is 6.13. The van der Waals surface area contributed by atoms with Gasteiger partial charge in [-0.25, -0.2) is 0 Å². The van der Waals surface area contributed by atoms with E-state index in [4.69, 9.17) is 5.73 Å². The molecule has 0 unspecified atom stereocenters. The summed E-state index contributed by atoms with van der Waals surface area (Å²) in [6.07, 6.45) is 0.384. The van der Waals surface area contributed by atoms with Gasteiger partial charge in [-0.3, -0.25) is 9.59 Å². The van der Waals surface area contributed by atoms with Crippen molar-refractivity contribution in [1.29, 1.82) is 0 Å². The van der Waals surface area contributed by atoms with Crippen LogP contribution in [0.4, 0.5) is 0 Å². The molecule has 2 amide bonds. The number of carbonyl (C=O) groups is 2. The number of hydrogen-bond donors (Lipinski definition) is 1. The molecule has 1 aliphatic rings. The van der Waals surface area contributed by atoms with Crippen LogP contribution in [0, 0.1) is 0 Å². The lowest BCUT2D eigenvalue weighted by Crippen LogP contribution is -2.50. The van der Waals surface area contributed by atoms with Crippen LogP contribution in [0.3, 0.4) is 0 Å². The zero-order chi connectivity index (χ0) is 14.8. The molecule has 3 heterocycles. The largest absolute Gasteiger partial charge is 0.339 e. The molecule has 7 heteroatoms. The summed E-state index contributed by atoms with van der Waals surface area (Å²) in [4.78, 5) is 28.7. The van der Waals surface area contributed by atoms with Gasteiger partial charge in [-0.05, 0) is 17.5 Å². The van der Waals surface area contributed by atoms with Gasteiger partial charge in [0.25, 0.3) is 5.91 Å². The lowest BCUT2D eigenvalue weighted by atomic mass is 10.2. The first kappa shape index (κ1) is 14.5. The molecular formula is C14H17N3O2S2. The molecule has 0 bridgehead atoms. The summed E-state index contributed by atoms with van der Waals surface area (Å²) in [5, 5.41) is 2.04. The fourth-order valence-corrected chi connectivity index (χ4v) is 4.54. The van der Waals surface area contributed by atoms with Gasteiger partial charge in [0.2, 0.25) is 5.91 Å². The molecule has 112 valence electrons. The van der Waals surface area contributed by atoms with Crippen LogP contribution in [0.1, 0.15) is 16.1 Å². The Balaban J connectivity index is 1.62. The van der Waals surface area contributed by atoms with E-state index < -0.39 is 0 Å². The molecule has 3 rings (SSSR count). The van der Waals surface area contributed by atoms with Crippen molar-refractivity contribution in [3.63, 3.8) is 0 Å². The molecule has 21 heavy (non-hydrogen) atoms. The van der Waals surface area contributed by atoms with Crippen LogP contribution in [-0.4, -0.2) is 54.3 Å². The first-order valence-electron chi connectivity index (χ1n) is 6.93. The molecule has 1 aliphatic heterocycles. The van der Waals surface area contributed by atoms with Gasteiger partial charge < -0.3 is 15.5 Å². The smallest absolute Gasteiger partial charge is 0.264 e. The van der Waals surface area contributed by atoms with E-state index in [2.05, 4.69) is 0 Å². The molecule has 0 aliphatic carbocycles. The average Bonchev–Trinajstić information content (AvgIpc) is 3.08. The van der Waals surface area contributed by atoms with Gasteiger partial charge in [-0.1, -0.05) is 0 Å². The summed E-state index contributed by atoms with van der Waals surface area (Å²) < 4.78 is 2.33. The van der Waals surface area contributed by atoms with Gasteiger partial charge in [0.15, 0.2) is 0 Å². The van der Waals surface area contributed by atoms with Crippen molar-refractivity contribution in [1.82, 2.24) is 9.80 Å². The van der Waals surface area contributed by atoms with Gasteiger partial charge in [0.1, 0.15) is 0 Å². The predicted molar refractivity (Wildman–Crippen MR) is 85.9 cm³/mol. The van der Waals surface area contributed by atoms with E-state index in [1.54, 1.807) is 27.6 Å². The summed E-state index contributed by atoms with van der Waals surface area (Å²) >= 11 is 3.20. The molecule has 1 fully saturated rings. The van der Waals surface area contributed by atoms with Crippen LogP contribution >= 0.6 is 22.7 Å². The van der Waals surface area contributed by atoms with Crippen molar-refractivity contribution in [2.24, 2.45) is 5.73 Å². The zero-order valence-electron chi connectivity index (χ0n) is 11.6. The maximum absolute atomic E-state index is 12.5. The molecule has 0 atom stereocenters. The van der Waals surface area contributed by atoms with Crippen LogP contribution in [0.5, 0.6) is 0 Å². The minimum Gasteiger partial charge on any atom is -0.339 e. The van der Waals surface area contributed by atoms with Crippen LogP contribution in [0.25, 0.3) is 9.40 Å². The Kier molecular flexibility index (Phi) is 4.23. The molecular weight excluding hydrogens is 306 g/mol. The molecule has 0 radical (unpaired) electrons. The number of carbonyl (C=O) groups excluding carboxylic acids is 2. The minimum absolute atomic E-state index is 0.0781. The topological polar surface area (TPSA) is 66.6 Å². The highest BCUT2D eigenvalue weighted by Crippen LogP contribution is 2.30. The third-order valence-electron chi connectivity index (χ3n) is 3.63. The van der Waals surface area contributed by atoms with E-state index in [1.807, 2.05) is 22.4 Å². The minimum atomic E-state index is 0.0781. The third kappa shape index (κ3) is 2.95. The van der Waals surface area contributed by atoms with E-state index in [0.717, 1.165) is 4.88 Å². The summed E-state index contributed by atoms with van der Waals surface area (Å²) in [5.41, 5.74) is 5.40. The fourth-order valence-electron chi connectivity index (χ4n) is 2.47. The standard InChI is InChI=1S/C14H17N3O2S2/c15-3-1-13(18)16-4-6-17(7-5-16)14(19)12-9-11-10(21-12)2-8-20-11/h2,8-9H,1,3-7,15H2. The Hall–Kier alpha value is -1.44. The second-order valence-electron chi connectivity index (χ2n) is 4.97. The van der Waals surface area contributed by atoms with E-state index in [9.17, 15) is 9.59 Å². The van der Waals surface area contributed by atoms with Crippen molar-refractivity contribution < 1.29 is 9.59 Å². The molecule has 1 saturated heterocycles. The van der Waals surface area contributed by atoms with Crippen LogP contribution in [0.2, 0.25) is 0 Å². The Morgan fingerprint density at radius 3 is 2.52 bits per heavy atom. The number of fused-ring (bicyclic) bond motifs is 1. The Morgan fingerprint density at radius 2 is 1.86 bits per heavy atom. The Bertz CT molecular complexity index is 628. The van der Waals surface area contributed by atoms with E-state index >= 15 is 0 Å². The summed E-state index contributed by atoms with van der Waals surface area (Å²) in [5.74, 6) is 0.163.